The molecule has 1 unspecified atom stereocenters. The molecule has 0 saturated carbocycles. The van der Waals surface area contributed by atoms with Crippen LogP contribution in [0.5, 0.6) is 28.7 Å². The van der Waals surface area contributed by atoms with Crippen molar-refractivity contribution < 1.29 is 38.7 Å². The number of esters is 1. The minimum atomic E-state index is -0.915. The first-order valence-electron chi connectivity index (χ1n) is 14.2. The van der Waals surface area contributed by atoms with Gasteiger partial charge in [0.05, 0.1) is 25.2 Å². The first-order chi connectivity index (χ1) is 20.1. The van der Waals surface area contributed by atoms with Crippen LogP contribution in [-0.2, 0) is 22.4 Å². The highest BCUT2D eigenvalue weighted by atomic mass is 16.7. The number of nitrogens with one attached hydrogen (secondary N) is 1. The van der Waals surface area contributed by atoms with Crippen LogP contribution in [0.4, 0.5) is 0 Å². The molecule has 1 saturated heterocycles. The van der Waals surface area contributed by atoms with E-state index in [0.29, 0.717) is 47.0 Å². The molecule has 224 valence electrons. The monoisotopic (exact) mass is 579 g/mol. The molecule has 4 heterocycles. The minimum Gasteiger partial charge on any atom is -0.504 e. The third-order valence-corrected chi connectivity index (χ3v) is 9.13. The third-order valence-electron chi connectivity index (χ3n) is 9.13. The fraction of sp³-hybridized carbons (Fsp3) is 0.484. The van der Waals surface area contributed by atoms with E-state index < -0.39 is 18.2 Å². The number of piperazine rings is 1. The van der Waals surface area contributed by atoms with Gasteiger partial charge in [-0.25, -0.2) is 0 Å². The summed E-state index contributed by atoms with van der Waals surface area (Å²) in [6.45, 7) is 7.00. The number of methoxy groups -OCH3 is 1. The van der Waals surface area contributed by atoms with Crippen LogP contribution < -0.4 is 24.3 Å². The van der Waals surface area contributed by atoms with E-state index in [1.807, 2.05) is 31.9 Å². The summed E-state index contributed by atoms with van der Waals surface area (Å²) in [6.07, 6.45) is 3.08. The van der Waals surface area contributed by atoms with Crippen molar-refractivity contribution in [1.82, 2.24) is 15.1 Å². The highest BCUT2D eigenvalue weighted by molar-refractivity contribution is 5.87. The predicted octanol–water partition coefficient (Wildman–Crippen LogP) is 2.56. The van der Waals surface area contributed by atoms with Gasteiger partial charge in [-0.15, -0.1) is 0 Å². The molecule has 0 aromatic heterocycles. The Balaban J connectivity index is 1.58. The molecule has 4 aliphatic rings. The number of rotatable bonds is 5. The molecule has 11 nitrogen and oxygen atoms in total. The minimum absolute atomic E-state index is 0.00412. The number of benzene rings is 2. The quantitative estimate of drug-likeness (QED) is 0.276. The molecule has 1 fully saturated rings. The molecule has 6 rings (SSSR count). The molecular formula is C31H37N3O8. The van der Waals surface area contributed by atoms with Crippen molar-refractivity contribution in [2.24, 2.45) is 0 Å². The maximum absolute atomic E-state index is 12.6. The summed E-state index contributed by atoms with van der Waals surface area (Å²) in [5.41, 5.74) is 4.65. The zero-order valence-electron chi connectivity index (χ0n) is 24.7. The number of phenols is 1. The lowest BCUT2D eigenvalue weighted by atomic mass is 9.73. The highest BCUT2D eigenvalue weighted by Gasteiger charge is 2.56. The molecule has 0 spiro atoms. The zero-order valence-corrected chi connectivity index (χ0v) is 24.7. The van der Waals surface area contributed by atoms with Crippen LogP contribution in [0.25, 0.3) is 0 Å². The molecule has 5 atom stereocenters. The number of aliphatic hydroxyl groups excluding tert-OH is 1. The number of ether oxygens (including phenoxy) is 4. The Bertz CT molecular complexity index is 1500. The van der Waals surface area contributed by atoms with Crippen LogP contribution in [0.1, 0.15) is 59.3 Å². The lowest BCUT2D eigenvalue weighted by Crippen LogP contribution is -2.69. The summed E-state index contributed by atoms with van der Waals surface area (Å²) >= 11 is 0. The Hall–Kier alpha value is -3.80. The maximum atomic E-state index is 12.6. The van der Waals surface area contributed by atoms with Gasteiger partial charge in [-0.2, -0.15) is 0 Å². The lowest BCUT2D eigenvalue weighted by Gasteiger charge is -2.60. The van der Waals surface area contributed by atoms with Gasteiger partial charge in [-0.1, -0.05) is 12.1 Å². The average Bonchev–Trinajstić information content (AvgIpc) is 3.43. The van der Waals surface area contributed by atoms with E-state index in [2.05, 4.69) is 10.2 Å². The Labute approximate surface area is 244 Å². The number of fused-ring (bicyclic) bond motifs is 9. The zero-order chi connectivity index (χ0) is 30.0. The summed E-state index contributed by atoms with van der Waals surface area (Å²) in [6, 6.07) is 0.479. The van der Waals surface area contributed by atoms with Gasteiger partial charge in [0.15, 0.2) is 23.0 Å². The van der Waals surface area contributed by atoms with Crippen molar-refractivity contribution in [3.63, 3.8) is 0 Å². The van der Waals surface area contributed by atoms with Gasteiger partial charge in [0, 0.05) is 41.8 Å². The molecule has 11 heteroatoms. The number of allylic oxidation sites excluding steroid dienone is 1. The Kier molecular flexibility index (Phi) is 7.07. The number of amides is 1. The number of nitrogens with zero attached hydrogens (tertiary/aromatic N) is 2. The summed E-state index contributed by atoms with van der Waals surface area (Å²) in [7, 11) is 3.50. The van der Waals surface area contributed by atoms with Crippen molar-refractivity contribution in [1.29, 1.82) is 0 Å². The third kappa shape index (κ3) is 4.13. The van der Waals surface area contributed by atoms with Crippen LogP contribution in [0.15, 0.2) is 18.2 Å². The van der Waals surface area contributed by atoms with Crippen molar-refractivity contribution in [2.45, 2.75) is 70.9 Å². The van der Waals surface area contributed by atoms with E-state index in [4.69, 9.17) is 18.9 Å². The SMILES string of the molecule is C/C=C/C(=O)NC[C@H]1c2c(c(OC(C)=O)c(C)c3c2OCO3)CC2[C@H]3c4c(cc(C)c(OC)c4O)C[C@@H]([C@H](O)N21)N3C. The van der Waals surface area contributed by atoms with Crippen LogP contribution in [0.3, 0.4) is 0 Å². The van der Waals surface area contributed by atoms with Gasteiger partial charge in [0.25, 0.3) is 0 Å². The molecule has 3 N–H and O–H groups in total. The van der Waals surface area contributed by atoms with Gasteiger partial charge in [-0.05, 0) is 57.9 Å². The summed E-state index contributed by atoms with van der Waals surface area (Å²) in [4.78, 5) is 29.1. The molecule has 0 radical (unpaired) electrons. The molecule has 2 aromatic carbocycles. The number of hydrogen-bond donors (Lipinski definition) is 3. The molecule has 42 heavy (non-hydrogen) atoms. The van der Waals surface area contributed by atoms with Crippen molar-refractivity contribution in [2.75, 3.05) is 27.5 Å². The topological polar surface area (TPSA) is 130 Å². The number of phenolic OH excluding ortho intramolecular Hbond substituents is 1. The summed E-state index contributed by atoms with van der Waals surface area (Å²) in [5, 5.41) is 26.6. The second kappa shape index (κ2) is 10.5. The number of carbonyl (C=O) groups is 2. The van der Waals surface area contributed by atoms with E-state index in [9.17, 15) is 19.8 Å². The van der Waals surface area contributed by atoms with Crippen LogP contribution in [-0.4, -0.2) is 77.7 Å². The largest absolute Gasteiger partial charge is 0.504 e. The molecule has 0 aliphatic carbocycles. The number of likely N-dealkylation sites (N-methyl/N-ethyl adjacent to an activating group) is 1. The van der Waals surface area contributed by atoms with Gasteiger partial charge < -0.3 is 34.5 Å². The second-order valence-electron chi connectivity index (χ2n) is 11.4. The standard InChI is InChI=1S/C31H37N3O8/c1-7-8-22(36)32-12-21-24-18(28(42-16(4)35)15(3)29-30(24)41-13-40-29)11-19-25-23-17(9-14(2)27(39-6)26(23)37)10-20(33(25)5)31(38)34(19)21/h7-9,19-21,25,31,37-38H,10-13H2,1-6H3,(H,32,36)/b8-7+/t19?,20-,21-,25-,31-/m0/s1. The Morgan fingerprint density at radius 2 is 1.88 bits per heavy atom. The molecule has 2 bridgehead atoms. The number of aromatic hydroxyl groups is 1. The Morgan fingerprint density at radius 1 is 1.14 bits per heavy atom. The van der Waals surface area contributed by atoms with Gasteiger partial charge in [0.1, 0.15) is 12.0 Å². The van der Waals surface area contributed by atoms with Crippen LogP contribution in [0.2, 0.25) is 0 Å². The number of aryl methyl sites for hydroxylation is 1. The molecular weight excluding hydrogens is 542 g/mol. The van der Waals surface area contributed by atoms with Crippen molar-refractivity contribution in [3.05, 3.63) is 51.6 Å². The highest BCUT2D eigenvalue weighted by Crippen LogP contribution is 2.58. The first-order valence-corrected chi connectivity index (χ1v) is 14.2. The fourth-order valence-electron chi connectivity index (χ4n) is 7.53. The first kappa shape index (κ1) is 28.3. The van der Waals surface area contributed by atoms with E-state index >= 15 is 0 Å². The van der Waals surface area contributed by atoms with E-state index in [1.165, 1.54) is 20.1 Å². The normalized spacial score (nSPS) is 25.9. The lowest BCUT2D eigenvalue weighted by molar-refractivity contribution is -0.172. The second-order valence-corrected chi connectivity index (χ2v) is 11.4. The van der Waals surface area contributed by atoms with Crippen molar-refractivity contribution in [3.8, 4) is 28.7 Å². The van der Waals surface area contributed by atoms with Crippen LogP contribution >= 0.6 is 0 Å². The average molecular weight is 580 g/mol. The number of carbonyl (C=O) groups excluding carboxylic acids is 2. The molecule has 2 aromatic rings. The van der Waals surface area contributed by atoms with Gasteiger partial charge >= 0.3 is 5.97 Å². The summed E-state index contributed by atoms with van der Waals surface area (Å²) < 4.78 is 23.3. The molecule has 1 amide bonds. The van der Waals surface area contributed by atoms with Gasteiger partial charge in [-0.3, -0.25) is 19.4 Å². The molecule has 4 aliphatic heterocycles. The Morgan fingerprint density at radius 3 is 2.57 bits per heavy atom. The number of aliphatic hydroxyl groups is 1. The predicted molar refractivity (Wildman–Crippen MR) is 152 cm³/mol. The van der Waals surface area contributed by atoms with E-state index in [1.54, 1.807) is 13.0 Å². The van der Waals surface area contributed by atoms with E-state index in [0.717, 1.165) is 22.3 Å². The fourth-order valence-corrected chi connectivity index (χ4v) is 7.53. The van der Waals surface area contributed by atoms with E-state index in [-0.39, 0.29) is 43.1 Å². The number of hydrogen-bond acceptors (Lipinski definition) is 10. The van der Waals surface area contributed by atoms with Crippen LogP contribution in [0, 0.1) is 13.8 Å². The maximum Gasteiger partial charge on any atom is 0.308 e. The summed E-state index contributed by atoms with van der Waals surface area (Å²) in [5.74, 6) is 1.18. The smallest absolute Gasteiger partial charge is 0.308 e. The van der Waals surface area contributed by atoms with Gasteiger partial charge in [0.2, 0.25) is 12.7 Å². The van der Waals surface area contributed by atoms with Crippen molar-refractivity contribution >= 4 is 11.9 Å².